The topological polar surface area (TPSA) is 39.9 Å². The van der Waals surface area contributed by atoms with Crippen molar-refractivity contribution < 1.29 is 4.74 Å². The van der Waals surface area contributed by atoms with Crippen LogP contribution in [0.1, 0.15) is 11.1 Å². The average molecular weight is 215 g/mol. The van der Waals surface area contributed by atoms with Crippen molar-refractivity contribution in [3.8, 4) is 5.75 Å². The molecule has 0 radical (unpaired) electrons. The number of ether oxygens (including phenoxy) is 1. The van der Waals surface area contributed by atoms with Crippen LogP contribution in [-0.4, -0.2) is 21.6 Å². The molecular formula is C12H13N3O. The minimum absolute atomic E-state index is 0.821. The summed E-state index contributed by atoms with van der Waals surface area (Å²) in [5, 5.41) is 7.73. The van der Waals surface area contributed by atoms with Gasteiger partial charge in [-0.1, -0.05) is 17.3 Å². The Morgan fingerprint density at radius 3 is 3.25 bits per heavy atom. The van der Waals surface area contributed by atoms with Gasteiger partial charge in [0.2, 0.25) is 0 Å². The number of hydrogen-bond donors (Lipinski definition) is 0. The molecule has 0 spiro atoms. The molecule has 4 nitrogen and oxygen atoms in total. The Hall–Kier alpha value is -1.84. The molecule has 82 valence electrons. The van der Waals surface area contributed by atoms with Gasteiger partial charge in [-0.15, -0.1) is 5.10 Å². The molecule has 0 fully saturated rings. The van der Waals surface area contributed by atoms with Crippen molar-refractivity contribution >= 4 is 0 Å². The number of aromatic nitrogens is 3. The summed E-state index contributed by atoms with van der Waals surface area (Å²) in [6.07, 6.45) is 5.61. The van der Waals surface area contributed by atoms with Gasteiger partial charge in [-0.3, -0.25) is 4.68 Å². The molecule has 0 bridgehead atoms. The van der Waals surface area contributed by atoms with Gasteiger partial charge in [0, 0.05) is 19.2 Å². The standard InChI is InChI=1S/C12H13N3O/c1-2-12-11(4-8-16-12)9-10(1)3-6-15-7-5-13-14-15/h1-2,5,7,9H,3-4,6,8H2. The van der Waals surface area contributed by atoms with Crippen molar-refractivity contribution in [2.75, 3.05) is 6.61 Å². The van der Waals surface area contributed by atoms with Gasteiger partial charge in [0.25, 0.3) is 0 Å². The van der Waals surface area contributed by atoms with Crippen LogP contribution in [-0.2, 0) is 19.4 Å². The summed E-state index contributed by atoms with van der Waals surface area (Å²) in [5.41, 5.74) is 2.66. The summed E-state index contributed by atoms with van der Waals surface area (Å²) in [5.74, 6) is 1.05. The second kappa shape index (κ2) is 3.96. The van der Waals surface area contributed by atoms with Gasteiger partial charge in [0.15, 0.2) is 0 Å². The molecule has 16 heavy (non-hydrogen) atoms. The van der Waals surface area contributed by atoms with Crippen molar-refractivity contribution in [3.05, 3.63) is 41.7 Å². The number of hydrogen-bond acceptors (Lipinski definition) is 3. The van der Waals surface area contributed by atoms with E-state index in [1.54, 1.807) is 6.20 Å². The van der Waals surface area contributed by atoms with Gasteiger partial charge in [0.1, 0.15) is 5.75 Å². The van der Waals surface area contributed by atoms with E-state index in [4.69, 9.17) is 4.74 Å². The fraction of sp³-hybridized carbons (Fsp3) is 0.333. The van der Waals surface area contributed by atoms with Gasteiger partial charge in [0.05, 0.1) is 12.8 Å². The fourth-order valence-electron chi connectivity index (χ4n) is 1.99. The minimum atomic E-state index is 0.821. The lowest BCUT2D eigenvalue weighted by Gasteiger charge is -2.04. The van der Waals surface area contributed by atoms with Gasteiger partial charge in [-0.25, -0.2) is 0 Å². The van der Waals surface area contributed by atoms with Gasteiger partial charge < -0.3 is 4.74 Å². The zero-order valence-electron chi connectivity index (χ0n) is 8.97. The summed E-state index contributed by atoms with van der Waals surface area (Å²) in [7, 11) is 0. The highest BCUT2D eigenvalue weighted by Gasteiger charge is 2.11. The van der Waals surface area contributed by atoms with Crippen LogP contribution < -0.4 is 4.74 Å². The number of benzene rings is 1. The van der Waals surface area contributed by atoms with E-state index in [1.165, 1.54) is 11.1 Å². The molecule has 0 unspecified atom stereocenters. The van der Waals surface area contributed by atoms with E-state index in [9.17, 15) is 0 Å². The predicted molar refractivity (Wildman–Crippen MR) is 59.4 cm³/mol. The van der Waals surface area contributed by atoms with E-state index in [2.05, 4.69) is 28.5 Å². The molecule has 4 heteroatoms. The second-order valence-electron chi connectivity index (χ2n) is 3.96. The zero-order chi connectivity index (χ0) is 10.8. The van der Waals surface area contributed by atoms with Gasteiger partial charge in [-0.05, 0) is 23.6 Å². The van der Waals surface area contributed by atoms with E-state index < -0.39 is 0 Å². The Labute approximate surface area is 93.9 Å². The Bertz CT molecular complexity index is 479. The summed E-state index contributed by atoms with van der Waals surface area (Å²) < 4.78 is 7.33. The third-order valence-electron chi connectivity index (χ3n) is 2.86. The normalized spacial score (nSPS) is 13.5. The quantitative estimate of drug-likeness (QED) is 0.778. The maximum atomic E-state index is 5.48. The van der Waals surface area contributed by atoms with Crippen molar-refractivity contribution in [2.45, 2.75) is 19.4 Å². The monoisotopic (exact) mass is 215 g/mol. The summed E-state index contributed by atoms with van der Waals surface area (Å²) in [6.45, 7) is 1.70. The van der Waals surface area contributed by atoms with Crippen LogP contribution in [0.5, 0.6) is 5.75 Å². The third-order valence-corrected chi connectivity index (χ3v) is 2.86. The molecule has 0 N–H and O–H groups in total. The first-order chi connectivity index (χ1) is 7.92. The predicted octanol–water partition coefficient (Wildman–Crippen LogP) is 1.46. The maximum absolute atomic E-state index is 5.48. The number of rotatable bonds is 3. The molecule has 1 aromatic carbocycles. The lowest BCUT2D eigenvalue weighted by molar-refractivity contribution is 0.357. The third kappa shape index (κ3) is 1.78. The molecule has 2 heterocycles. The average Bonchev–Trinajstić information content (AvgIpc) is 2.97. The second-order valence-corrected chi connectivity index (χ2v) is 3.96. The highest BCUT2D eigenvalue weighted by atomic mass is 16.5. The molecule has 1 aromatic heterocycles. The largest absolute Gasteiger partial charge is 0.493 e. The SMILES string of the molecule is c1cn(CCc2ccc3c(c2)CCO3)nn1. The van der Waals surface area contributed by atoms with Crippen LogP contribution in [0, 0.1) is 0 Å². The molecule has 2 aromatic rings. The first-order valence-corrected chi connectivity index (χ1v) is 5.50. The van der Waals surface area contributed by atoms with Crippen molar-refractivity contribution in [1.82, 2.24) is 15.0 Å². The van der Waals surface area contributed by atoms with Crippen molar-refractivity contribution in [3.63, 3.8) is 0 Å². The summed E-state index contributed by atoms with van der Waals surface area (Å²) >= 11 is 0. The smallest absolute Gasteiger partial charge is 0.122 e. The Kier molecular flexibility index (Phi) is 2.33. The number of nitrogens with zero attached hydrogens (tertiary/aromatic N) is 3. The van der Waals surface area contributed by atoms with E-state index >= 15 is 0 Å². The van der Waals surface area contributed by atoms with E-state index in [-0.39, 0.29) is 0 Å². The van der Waals surface area contributed by atoms with E-state index in [1.807, 2.05) is 10.9 Å². The van der Waals surface area contributed by atoms with Crippen LogP contribution >= 0.6 is 0 Å². The lowest BCUT2D eigenvalue weighted by atomic mass is 10.1. The minimum Gasteiger partial charge on any atom is -0.493 e. The first-order valence-electron chi connectivity index (χ1n) is 5.50. The number of fused-ring (bicyclic) bond motifs is 1. The number of aryl methyl sites for hydroxylation is 2. The van der Waals surface area contributed by atoms with Gasteiger partial charge in [-0.2, -0.15) is 0 Å². The molecule has 0 saturated carbocycles. The molecular weight excluding hydrogens is 202 g/mol. The molecule has 0 atom stereocenters. The van der Waals surface area contributed by atoms with Crippen LogP contribution in [0.3, 0.4) is 0 Å². The van der Waals surface area contributed by atoms with E-state index in [0.29, 0.717) is 0 Å². The van der Waals surface area contributed by atoms with Crippen LogP contribution in [0.15, 0.2) is 30.6 Å². The Balaban J connectivity index is 1.71. The first kappa shape index (κ1) is 9.39. The Morgan fingerprint density at radius 1 is 1.38 bits per heavy atom. The molecule has 0 amide bonds. The summed E-state index contributed by atoms with van der Waals surface area (Å²) in [4.78, 5) is 0. The highest BCUT2D eigenvalue weighted by Crippen LogP contribution is 2.25. The van der Waals surface area contributed by atoms with Crippen molar-refractivity contribution in [1.29, 1.82) is 0 Å². The van der Waals surface area contributed by atoms with E-state index in [0.717, 1.165) is 31.7 Å². The highest BCUT2D eigenvalue weighted by molar-refractivity contribution is 5.39. The fourth-order valence-corrected chi connectivity index (χ4v) is 1.99. The molecule has 1 aliphatic heterocycles. The summed E-state index contributed by atoms with van der Waals surface area (Å²) in [6, 6.07) is 6.43. The molecule has 1 aliphatic rings. The van der Waals surface area contributed by atoms with Crippen molar-refractivity contribution in [2.24, 2.45) is 0 Å². The molecule has 3 rings (SSSR count). The molecule has 0 aliphatic carbocycles. The van der Waals surface area contributed by atoms with Crippen LogP contribution in [0.2, 0.25) is 0 Å². The van der Waals surface area contributed by atoms with Crippen LogP contribution in [0.4, 0.5) is 0 Å². The zero-order valence-corrected chi connectivity index (χ0v) is 8.97. The van der Waals surface area contributed by atoms with Gasteiger partial charge >= 0.3 is 0 Å². The Morgan fingerprint density at radius 2 is 2.38 bits per heavy atom. The van der Waals surface area contributed by atoms with Crippen LogP contribution in [0.25, 0.3) is 0 Å². The lowest BCUT2D eigenvalue weighted by Crippen LogP contribution is -2.02. The molecule has 0 saturated heterocycles. The maximum Gasteiger partial charge on any atom is 0.122 e.